The summed E-state index contributed by atoms with van der Waals surface area (Å²) in [5, 5.41) is 6.02. The van der Waals surface area contributed by atoms with Crippen LogP contribution in [-0.4, -0.2) is 24.4 Å². The lowest BCUT2D eigenvalue weighted by molar-refractivity contribution is -0.120. The molecule has 0 aliphatic carbocycles. The summed E-state index contributed by atoms with van der Waals surface area (Å²) < 4.78 is 25.1. The van der Waals surface area contributed by atoms with E-state index in [-0.39, 0.29) is 24.2 Å². The van der Waals surface area contributed by atoms with E-state index in [2.05, 4.69) is 10.6 Å². The van der Waals surface area contributed by atoms with Crippen molar-refractivity contribution in [3.05, 3.63) is 65.2 Å². The van der Waals surface area contributed by atoms with Crippen LogP contribution in [0.2, 0.25) is 0 Å². The van der Waals surface area contributed by atoms with E-state index in [1.807, 2.05) is 0 Å². The normalized spacial score (nSPS) is 16.2. The van der Waals surface area contributed by atoms with E-state index in [1.165, 1.54) is 6.07 Å². The molecule has 0 bridgehead atoms. The molecule has 0 saturated carbocycles. The van der Waals surface area contributed by atoms with Gasteiger partial charge in [-0.2, -0.15) is 0 Å². The Kier molecular flexibility index (Phi) is 4.73. The first-order valence-corrected chi connectivity index (χ1v) is 9.01. The molecule has 2 N–H and O–H groups in total. The number of nitrogens with one attached hydrogen (secondary N) is 2. The van der Waals surface area contributed by atoms with Crippen molar-refractivity contribution in [1.29, 1.82) is 0 Å². The highest BCUT2D eigenvalue weighted by Crippen LogP contribution is 2.29. The van der Waals surface area contributed by atoms with E-state index in [9.17, 15) is 14.0 Å². The minimum atomic E-state index is -0.544. The van der Waals surface area contributed by atoms with Crippen LogP contribution in [0.3, 0.4) is 0 Å². The molecular weight excluding hydrogens is 363 g/mol. The maximum atomic E-state index is 13.8. The van der Waals surface area contributed by atoms with Crippen molar-refractivity contribution in [2.75, 3.05) is 6.54 Å². The molecule has 1 saturated heterocycles. The fourth-order valence-electron chi connectivity index (χ4n) is 3.31. The van der Waals surface area contributed by atoms with Crippen LogP contribution in [0.25, 0.3) is 11.0 Å². The van der Waals surface area contributed by atoms with Crippen molar-refractivity contribution in [3.63, 3.8) is 0 Å². The predicted octanol–water partition coefficient (Wildman–Crippen LogP) is 3.08. The molecule has 1 aromatic heterocycles. The minimum absolute atomic E-state index is 0.0682. The number of carbonyl (C=O) groups is 2. The number of furan rings is 1. The zero-order chi connectivity index (χ0) is 19.7. The van der Waals surface area contributed by atoms with E-state index in [0.29, 0.717) is 46.6 Å². The molecule has 2 aromatic carbocycles. The maximum absolute atomic E-state index is 13.8. The van der Waals surface area contributed by atoms with Crippen molar-refractivity contribution in [1.82, 2.24) is 10.6 Å². The Morgan fingerprint density at radius 2 is 2.14 bits per heavy atom. The van der Waals surface area contributed by atoms with Gasteiger partial charge in [0.25, 0.3) is 5.91 Å². The number of benzene rings is 2. The predicted molar refractivity (Wildman–Crippen MR) is 101 cm³/mol. The Bertz CT molecular complexity index is 1060. The largest absolute Gasteiger partial charge is 0.489 e. The first kappa shape index (κ1) is 18.0. The molecule has 1 aliphatic heterocycles. The third-order valence-electron chi connectivity index (χ3n) is 4.77. The highest BCUT2D eigenvalue weighted by Gasteiger charge is 2.28. The summed E-state index contributed by atoms with van der Waals surface area (Å²) in [5.74, 6) is 0.0521. The second-order valence-corrected chi connectivity index (χ2v) is 6.68. The lowest BCUT2D eigenvalue weighted by atomic mass is 10.1. The average Bonchev–Trinajstić information content (AvgIpc) is 3.22. The maximum Gasteiger partial charge on any atom is 0.256 e. The highest BCUT2D eigenvalue weighted by atomic mass is 19.1. The molecule has 2 heterocycles. The van der Waals surface area contributed by atoms with Gasteiger partial charge in [-0.1, -0.05) is 18.2 Å². The van der Waals surface area contributed by atoms with Gasteiger partial charge in [0.2, 0.25) is 5.91 Å². The summed E-state index contributed by atoms with van der Waals surface area (Å²) in [5.41, 5.74) is 1.35. The van der Waals surface area contributed by atoms with Gasteiger partial charge in [0, 0.05) is 17.5 Å². The van der Waals surface area contributed by atoms with Crippen LogP contribution in [0.1, 0.15) is 28.1 Å². The van der Waals surface area contributed by atoms with Crippen LogP contribution in [0.4, 0.5) is 4.39 Å². The number of fused-ring (bicyclic) bond motifs is 1. The molecule has 28 heavy (non-hydrogen) atoms. The van der Waals surface area contributed by atoms with Crippen LogP contribution < -0.4 is 15.4 Å². The molecule has 6 nitrogen and oxygen atoms in total. The molecule has 1 aliphatic rings. The molecule has 1 fully saturated rings. The summed E-state index contributed by atoms with van der Waals surface area (Å²) in [6.45, 7) is 2.31. The fraction of sp³-hybridized carbons (Fsp3) is 0.238. The van der Waals surface area contributed by atoms with E-state index in [0.717, 1.165) is 0 Å². The average molecular weight is 382 g/mol. The molecule has 144 valence electrons. The fourth-order valence-corrected chi connectivity index (χ4v) is 3.31. The lowest BCUT2D eigenvalue weighted by Gasteiger charge is -2.10. The zero-order valence-electron chi connectivity index (χ0n) is 15.3. The number of hydrogen-bond donors (Lipinski definition) is 2. The molecule has 4 rings (SSSR count). The van der Waals surface area contributed by atoms with Crippen LogP contribution in [0, 0.1) is 12.7 Å². The Hall–Kier alpha value is -3.35. The van der Waals surface area contributed by atoms with Gasteiger partial charge in [-0.3, -0.25) is 9.59 Å². The first-order chi connectivity index (χ1) is 13.5. The monoisotopic (exact) mass is 382 g/mol. The summed E-state index contributed by atoms with van der Waals surface area (Å²) in [6.07, 6.45) is 0.552. The Labute approximate surface area is 160 Å². The van der Waals surface area contributed by atoms with E-state index < -0.39 is 6.04 Å². The Morgan fingerprint density at radius 1 is 1.32 bits per heavy atom. The number of ether oxygens (including phenoxy) is 1. The van der Waals surface area contributed by atoms with Gasteiger partial charge in [0.05, 0.1) is 5.56 Å². The SMILES string of the molecule is Cc1oc2ccc(OCc3ccccc3F)cc2c1C(=O)NC1CCNC1=O. The summed E-state index contributed by atoms with van der Waals surface area (Å²) in [4.78, 5) is 24.5. The first-order valence-electron chi connectivity index (χ1n) is 9.01. The summed E-state index contributed by atoms with van der Waals surface area (Å²) in [7, 11) is 0. The van der Waals surface area contributed by atoms with Gasteiger partial charge >= 0.3 is 0 Å². The molecule has 1 atom stereocenters. The molecule has 0 spiro atoms. The van der Waals surface area contributed by atoms with Crippen LogP contribution >= 0.6 is 0 Å². The molecule has 3 aromatic rings. The summed E-state index contributed by atoms with van der Waals surface area (Å²) >= 11 is 0. The number of hydrogen-bond acceptors (Lipinski definition) is 4. The quantitative estimate of drug-likeness (QED) is 0.711. The smallest absolute Gasteiger partial charge is 0.256 e. The number of carbonyl (C=O) groups excluding carboxylic acids is 2. The van der Waals surface area contributed by atoms with E-state index in [4.69, 9.17) is 9.15 Å². The Balaban J connectivity index is 1.58. The third-order valence-corrected chi connectivity index (χ3v) is 4.77. The van der Waals surface area contributed by atoms with Crippen LogP contribution in [0.5, 0.6) is 5.75 Å². The van der Waals surface area contributed by atoms with Gasteiger partial charge in [-0.25, -0.2) is 4.39 Å². The Morgan fingerprint density at radius 3 is 2.89 bits per heavy atom. The topological polar surface area (TPSA) is 80.6 Å². The highest BCUT2D eigenvalue weighted by molar-refractivity contribution is 6.08. The van der Waals surface area contributed by atoms with Gasteiger partial charge in [-0.15, -0.1) is 0 Å². The second-order valence-electron chi connectivity index (χ2n) is 6.68. The second kappa shape index (κ2) is 7.34. The van der Waals surface area contributed by atoms with E-state index in [1.54, 1.807) is 43.3 Å². The number of amides is 2. The van der Waals surface area contributed by atoms with Crippen molar-refractivity contribution < 1.29 is 23.1 Å². The number of aryl methyl sites for hydroxylation is 1. The van der Waals surface area contributed by atoms with Crippen LogP contribution in [0.15, 0.2) is 46.9 Å². The molecule has 7 heteroatoms. The third kappa shape index (κ3) is 3.43. The number of halogens is 1. The zero-order valence-corrected chi connectivity index (χ0v) is 15.3. The summed E-state index contributed by atoms with van der Waals surface area (Å²) in [6, 6.07) is 11.0. The van der Waals surface area contributed by atoms with Gasteiger partial charge < -0.3 is 19.8 Å². The van der Waals surface area contributed by atoms with E-state index >= 15 is 0 Å². The van der Waals surface area contributed by atoms with Crippen molar-refractivity contribution in [3.8, 4) is 5.75 Å². The van der Waals surface area contributed by atoms with Crippen molar-refractivity contribution >= 4 is 22.8 Å². The standard InChI is InChI=1S/C21H19FN2O4/c1-12-19(21(26)24-17-8-9-23-20(17)25)15-10-14(6-7-18(15)28-12)27-11-13-4-2-3-5-16(13)22/h2-7,10,17H,8-9,11H2,1H3,(H,23,25)(H,24,26). The molecule has 1 unspecified atom stereocenters. The molecule has 2 amide bonds. The number of rotatable bonds is 5. The van der Waals surface area contributed by atoms with Gasteiger partial charge in [0.15, 0.2) is 0 Å². The van der Waals surface area contributed by atoms with Gasteiger partial charge in [0.1, 0.15) is 35.6 Å². The molecule has 0 radical (unpaired) electrons. The minimum Gasteiger partial charge on any atom is -0.489 e. The van der Waals surface area contributed by atoms with Crippen LogP contribution in [-0.2, 0) is 11.4 Å². The van der Waals surface area contributed by atoms with Gasteiger partial charge in [-0.05, 0) is 37.6 Å². The van der Waals surface area contributed by atoms with Crippen molar-refractivity contribution in [2.24, 2.45) is 0 Å². The lowest BCUT2D eigenvalue weighted by Crippen LogP contribution is -2.40. The van der Waals surface area contributed by atoms with Crippen molar-refractivity contribution in [2.45, 2.75) is 26.0 Å². The molecular formula is C21H19FN2O4.